The van der Waals surface area contributed by atoms with Crippen LogP contribution in [0.15, 0.2) is 12.4 Å². The molecule has 94 valence electrons. The number of carbonyl (C=O) groups is 1. The van der Waals surface area contributed by atoms with E-state index in [-0.39, 0.29) is 5.91 Å². The Hall–Kier alpha value is -1.40. The van der Waals surface area contributed by atoms with Crippen LogP contribution in [0, 0.1) is 0 Å². The van der Waals surface area contributed by atoms with E-state index in [9.17, 15) is 4.79 Å². The number of rotatable bonds is 4. The molecule has 1 N–H and O–H groups in total. The Morgan fingerprint density at radius 2 is 2.29 bits per heavy atom. The average molecular weight is 238 g/mol. The van der Waals surface area contributed by atoms with Gasteiger partial charge in [0.25, 0.3) is 0 Å². The zero-order valence-corrected chi connectivity index (χ0v) is 10.1. The van der Waals surface area contributed by atoms with E-state index in [0.29, 0.717) is 39.4 Å². The first-order chi connectivity index (χ1) is 8.25. The number of aryl methyl sites for hydroxylation is 1. The van der Waals surface area contributed by atoms with Crippen LogP contribution in [0.5, 0.6) is 0 Å². The SMILES string of the molecule is Cn1cc(CNCC(=O)N2CCOCC2)cn1. The number of hydrogen-bond donors (Lipinski definition) is 1. The summed E-state index contributed by atoms with van der Waals surface area (Å²) in [4.78, 5) is 13.6. The summed E-state index contributed by atoms with van der Waals surface area (Å²) in [5, 5.41) is 7.20. The van der Waals surface area contributed by atoms with Gasteiger partial charge in [0.05, 0.1) is 26.0 Å². The van der Waals surface area contributed by atoms with E-state index in [0.717, 1.165) is 5.56 Å². The van der Waals surface area contributed by atoms with Gasteiger partial charge in [0.15, 0.2) is 0 Å². The topological polar surface area (TPSA) is 59.4 Å². The zero-order chi connectivity index (χ0) is 12.1. The molecule has 6 heteroatoms. The van der Waals surface area contributed by atoms with Gasteiger partial charge in [0, 0.05) is 38.4 Å². The van der Waals surface area contributed by atoms with Crippen molar-refractivity contribution in [1.29, 1.82) is 0 Å². The smallest absolute Gasteiger partial charge is 0.236 e. The summed E-state index contributed by atoms with van der Waals surface area (Å²) >= 11 is 0. The average Bonchev–Trinajstić information content (AvgIpc) is 2.76. The van der Waals surface area contributed by atoms with E-state index in [1.54, 1.807) is 10.9 Å². The predicted molar refractivity (Wildman–Crippen MR) is 62.3 cm³/mol. The van der Waals surface area contributed by atoms with E-state index in [1.165, 1.54) is 0 Å². The van der Waals surface area contributed by atoms with Crippen LogP contribution in [0.4, 0.5) is 0 Å². The maximum atomic E-state index is 11.8. The molecule has 1 aromatic heterocycles. The summed E-state index contributed by atoms with van der Waals surface area (Å²) in [6.07, 6.45) is 3.73. The number of nitrogens with one attached hydrogen (secondary N) is 1. The number of aromatic nitrogens is 2. The van der Waals surface area contributed by atoms with Gasteiger partial charge in [0.1, 0.15) is 0 Å². The molecular weight excluding hydrogens is 220 g/mol. The van der Waals surface area contributed by atoms with Gasteiger partial charge in [-0.1, -0.05) is 0 Å². The molecule has 1 aliphatic rings. The fraction of sp³-hybridized carbons (Fsp3) is 0.636. The van der Waals surface area contributed by atoms with Crippen molar-refractivity contribution in [1.82, 2.24) is 20.0 Å². The molecule has 0 aromatic carbocycles. The third-order valence-corrected chi connectivity index (χ3v) is 2.73. The Morgan fingerprint density at radius 1 is 1.53 bits per heavy atom. The van der Waals surface area contributed by atoms with Crippen LogP contribution < -0.4 is 5.32 Å². The summed E-state index contributed by atoms with van der Waals surface area (Å²) in [7, 11) is 1.88. The molecule has 0 aliphatic carbocycles. The van der Waals surface area contributed by atoms with Gasteiger partial charge < -0.3 is 15.0 Å². The van der Waals surface area contributed by atoms with Crippen LogP contribution in [0.2, 0.25) is 0 Å². The first-order valence-electron chi connectivity index (χ1n) is 5.79. The second-order valence-corrected chi connectivity index (χ2v) is 4.12. The van der Waals surface area contributed by atoms with Gasteiger partial charge in [-0.25, -0.2) is 0 Å². The van der Waals surface area contributed by atoms with Crippen LogP contribution in [0.3, 0.4) is 0 Å². The lowest BCUT2D eigenvalue weighted by Crippen LogP contribution is -2.44. The van der Waals surface area contributed by atoms with Crippen molar-refractivity contribution in [3.8, 4) is 0 Å². The van der Waals surface area contributed by atoms with Crippen LogP contribution in [0.1, 0.15) is 5.56 Å². The molecule has 1 amide bonds. The fourth-order valence-electron chi connectivity index (χ4n) is 1.80. The Kier molecular flexibility index (Phi) is 4.11. The minimum Gasteiger partial charge on any atom is -0.378 e. The second kappa shape index (κ2) is 5.79. The maximum Gasteiger partial charge on any atom is 0.236 e. The van der Waals surface area contributed by atoms with Crippen molar-refractivity contribution in [2.45, 2.75) is 6.54 Å². The first kappa shape index (κ1) is 12.1. The number of nitrogens with zero attached hydrogens (tertiary/aromatic N) is 3. The monoisotopic (exact) mass is 238 g/mol. The highest BCUT2D eigenvalue weighted by atomic mass is 16.5. The largest absolute Gasteiger partial charge is 0.378 e. The van der Waals surface area contributed by atoms with Gasteiger partial charge in [-0.15, -0.1) is 0 Å². The van der Waals surface area contributed by atoms with Crippen molar-refractivity contribution in [2.24, 2.45) is 7.05 Å². The molecule has 1 aromatic rings. The van der Waals surface area contributed by atoms with Gasteiger partial charge in [-0.2, -0.15) is 5.10 Å². The van der Waals surface area contributed by atoms with Crippen molar-refractivity contribution >= 4 is 5.91 Å². The summed E-state index contributed by atoms with van der Waals surface area (Å²) in [6, 6.07) is 0. The third kappa shape index (κ3) is 3.54. The molecule has 0 bridgehead atoms. The number of amides is 1. The van der Waals surface area contributed by atoms with E-state index in [2.05, 4.69) is 10.4 Å². The first-order valence-corrected chi connectivity index (χ1v) is 5.79. The van der Waals surface area contributed by atoms with E-state index in [1.807, 2.05) is 18.1 Å². The summed E-state index contributed by atoms with van der Waals surface area (Å²) in [6.45, 7) is 3.74. The van der Waals surface area contributed by atoms with Crippen LogP contribution in [-0.2, 0) is 23.1 Å². The quantitative estimate of drug-likeness (QED) is 0.758. The van der Waals surface area contributed by atoms with Crippen molar-refractivity contribution < 1.29 is 9.53 Å². The van der Waals surface area contributed by atoms with Crippen LogP contribution >= 0.6 is 0 Å². The van der Waals surface area contributed by atoms with Crippen LogP contribution in [0.25, 0.3) is 0 Å². The Bertz CT molecular complexity index is 371. The highest BCUT2D eigenvalue weighted by Crippen LogP contribution is 1.98. The lowest BCUT2D eigenvalue weighted by molar-refractivity contribution is -0.134. The molecule has 2 rings (SSSR count). The van der Waals surface area contributed by atoms with E-state index < -0.39 is 0 Å². The molecule has 1 aliphatic heterocycles. The normalized spacial score (nSPS) is 16.2. The zero-order valence-electron chi connectivity index (χ0n) is 10.1. The molecule has 1 fully saturated rings. The Labute approximate surface area is 101 Å². The Balaban J connectivity index is 1.69. The fourth-order valence-corrected chi connectivity index (χ4v) is 1.80. The number of carbonyl (C=O) groups excluding carboxylic acids is 1. The number of ether oxygens (including phenoxy) is 1. The van der Waals surface area contributed by atoms with Gasteiger partial charge >= 0.3 is 0 Å². The maximum absolute atomic E-state index is 11.8. The summed E-state index contributed by atoms with van der Waals surface area (Å²) in [5.74, 6) is 0.136. The molecule has 0 atom stereocenters. The van der Waals surface area contributed by atoms with Crippen molar-refractivity contribution in [3.05, 3.63) is 18.0 Å². The lowest BCUT2D eigenvalue weighted by Gasteiger charge is -2.26. The molecule has 0 saturated carbocycles. The molecule has 0 unspecified atom stereocenters. The lowest BCUT2D eigenvalue weighted by atomic mass is 10.3. The molecule has 2 heterocycles. The number of hydrogen-bond acceptors (Lipinski definition) is 4. The molecule has 6 nitrogen and oxygen atoms in total. The van der Waals surface area contributed by atoms with Crippen LogP contribution in [-0.4, -0.2) is 53.4 Å². The predicted octanol–water partition coefficient (Wildman–Crippen LogP) is -0.631. The molecule has 0 spiro atoms. The highest BCUT2D eigenvalue weighted by molar-refractivity contribution is 5.78. The van der Waals surface area contributed by atoms with Crippen molar-refractivity contribution in [2.75, 3.05) is 32.8 Å². The molecule has 1 saturated heterocycles. The second-order valence-electron chi connectivity index (χ2n) is 4.12. The third-order valence-electron chi connectivity index (χ3n) is 2.73. The van der Waals surface area contributed by atoms with Crippen molar-refractivity contribution in [3.63, 3.8) is 0 Å². The minimum atomic E-state index is 0.136. The van der Waals surface area contributed by atoms with Gasteiger partial charge in [-0.05, 0) is 0 Å². The molecular formula is C11H18N4O2. The summed E-state index contributed by atoms with van der Waals surface area (Å²) < 4.78 is 6.95. The minimum absolute atomic E-state index is 0.136. The van der Waals surface area contributed by atoms with Gasteiger partial charge in [0.2, 0.25) is 5.91 Å². The molecule has 0 radical (unpaired) electrons. The van der Waals surface area contributed by atoms with E-state index in [4.69, 9.17) is 4.74 Å². The molecule has 17 heavy (non-hydrogen) atoms. The summed E-state index contributed by atoms with van der Waals surface area (Å²) in [5.41, 5.74) is 1.09. The van der Waals surface area contributed by atoms with E-state index >= 15 is 0 Å². The highest BCUT2D eigenvalue weighted by Gasteiger charge is 2.15. The Morgan fingerprint density at radius 3 is 2.94 bits per heavy atom. The van der Waals surface area contributed by atoms with Gasteiger partial charge in [-0.3, -0.25) is 9.48 Å². The number of morpholine rings is 1. The standard InChI is InChI=1S/C11H18N4O2/c1-14-9-10(7-13-14)6-12-8-11(16)15-2-4-17-5-3-15/h7,9,12H,2-6,8H2,1H3.